The van der Waals surface area contributed by atoms with Crippen LogP contribution in [0.1, 0.15) is 17.5 Å². The molecule has 0 fully saturated rings. The molecule has 0 aliphatic heterocycles. The molecule has 0 saturated carbocycles. The Labute approximate surface area is 126 Å². The number of aromatic nitrogens is 2. The number of aryl methyl sites for hydroxylation is 2. The third-order valence-corrected chi connectivity index (χ3v) is 4.71. The van der Waals surface area contributed by atoms with Crippen LogP contribution >= 0.6 is 23.1 Å². The van der Waals surface area contributed by atoms with Gasteiger partial charge in [0.25, 0.3) is 0 Å². The van der Waals surface area contributed by atoms with Gasteiger partial charge in [0.15, 0.2) is 4.34 Å². The summed E-state index contributed by atoms with van der Waals surface area (Å²) >= 11 is 2.96. The average molecular weight is 308 g/mol. The number of carbonyl (C=O) groups excluding carboxylic acids is 1. The molecule has 2 aromatic rings. The topological polar surface area (TPSA) is 80.9 Å². The maximum Gasteiger partial charge on any atom is 0.218 e. The Hall–Kier alpha value is -1.60. The van der Waals surface area contributed by atoms with Gasteiger partial charge in [0.2, 0.25) is 11.0 Å². The second-order valence-electron chi connectivity index (χ2n) is 4.36. The van der Waals surface area contributed by atoms with Crippen molar-refractivity contribution in [2.75, 3.05) is 11.1 Å². The van der Waals surface area contributed by atoms with Crippen LogP contribution in [0.5, 0.6) is 0 Å². The van der Waals surface area contributed by atoms with Gasteiger partial charge >= 0.3 is 0 Å². The Balaban J connectivity index is 1.95. The normalized spacial score (nSPS) is 10.5. The van der Waals surface area contributed by atoms with E-state index in [2.05, 4.69) is 41.5 Å². The maximum atomic E-state index is 10.7. The van der Waals surface area contributed by atoms with E-state index in [0.29, 0.717) is 12.2 Å². The fourth-order valence-electron chi connectivity index (χ4n) is 1.50. The van der Waals surface area contributed by atoms with Crippen molar-refractivity contribution in [2.24, 2.45) is 5.73 Å². The van der Waals surface area contributed by atoms with Crippen molar-refractivity contribution in [1.82, 2.24) is 10.2 Å². The Morgan fingerprint density at radius 2 is 2.15 bits per heavy atom. The lowest BCUT2D eigenvalue weighted by atomic mass is 10.1. The van der Waals surface area contributed by atoms with Crippen LogP contribution in [0.2, 0.25) is 0 Å². The summed E-state index contributed by atoms with van der Waals surface area (Å²) in [5.74, 6) is 0.337. The third kappa shape index (κ3) is 4.21. The largest absolute Gasteiger partial charge is 0.370 e. The van der Waals surface area contributed by atoms with Crippen LogP contribution in [0.15, 0.2) is 22.5 Å². The Bertz CT molecular complexity index is 612. The van der Waals surface area contributed by atoms with E-state index < -0.39 is 0 Å². The fourth-order valence-corrected chi connectivity index (χ4v) is 3.30. The van der Waals surface area contributed by atoms with Gasteiger partial charge in [0.1, 0.15) is 0 Å². The van der Waals surface area contributed by atoms with E-state index in [0.717, 1.165) is 15.2 Å². The highest BCUT2D eigenvalue weighted by Crippen LogP contribution is 2.28. The SMILES string of the molecule is Cc1ccc(Nc2nnc(SCCC(N)=O)s2)cc1C. The summed E-state index contributed by atoms with van der Waals surface area (Å²) in [6.45, 7) is 4.16. The lowest BCUT2D eigenvalue weighted by Crippen LogP contribution is -2.10. The molecule has 1 aromatic heterocycles. The number of anilines is 2. The molecule has 0 bridgehead atoms. The lowest BCUT2D eigenvalue weighted by molar-refractivity contribution is -0.117. The number of thioether (sulfide) groups is 1. The molecule has 1 aromatic carbocycles. The van der Waals surface area contributed by atoms with Gasteiger partial charge in [-0.25, -0.2) is 0 Å². The van der Waals surface area contributed by atoms with E-state index in [1.807, 2.05) is 6.07 Å². The molecule has 106 valence electrons. The van der Waals surface area contributed by atoms with Crippen molar-refractivity contribution < 1.29 is 4.79 Å². The molecule has 0 radical (unpaired) electrons. The van der Waals surface area contributed by atoms with Crippen LogP contribution in [0, 0.1) is 13.8 Å². The van der Waals surface area contributed by atoms with Crippen molar-refractivity contribution in [3.63, 3.8) is 0 Å². The smallest absolute Gasteiger partial charge is 0.218 e. The van der Waals surface area contributed by atoms with E-state index in [4.69, 9.17) is 5.73 Å². The summed E-state index contributed by atoms with van der Waals surface area (Å²) in [6, 6.07) is 6.17. The number of benzene rings is 1. The van der Waals surface area contributed by atoms with Crippen LogP contribution < -0.4 is 11.1 Å². The highest BCUT2D eigenvalue weighted by molar-refractivity contribution is 8.01. The minimum absolute atomic E-state index is 0.296. The summed E-state index contributed by atoms with van der Waals surface area (Å²) in [6.07, 6.45) is 0.351. The Morgan fingerprint density at radius 3 is 2.85 bits per heavy atom. The standard InChI is InChI=1S/C13H16N4OS2/c1-8-3-4-10(7-9(8)2)15-12-16-17-13(20-12)19-6-5-11(14)18/h3-4,7H,5-6H2,1-2H3,(H2,14,18)(H,15,16). The Morgan fingerprint density at radius 1 is 1.35 bits per heavy atom. The molecule has 1 amide bonds. The summed E-state index contributed by atoms with van der Waals surface area (Å²) in [7, 11) is 0. The van der Waals surface area contributed by atoms with Gasteiger partial charge in [-0.1, -0.05) is 29.2 Å². The number of hydrogen-bond donors (Lipinski definition) is 2. The van der Waals surface area contributed by atoms with Gasteiger partial charge in [-0.05, 0) is 37.1 Å². The number of nitrogens with one attached hydrogen (secondary N) is 1. The predicted molar refractivity (Wildman–Crippen MR) is 83.6 cm³/mol. The fraction of sp³-hybridized carbons (Fsp3) is 0.308. The number of primary amides is 1. The number of rotatable bonds is 6. The minimum atomic E-state index is -0.296. The zero-order valence-electron chi connectivity index (χ0n) is 11.3. The molecule has 0 spiro atoms. The van der Waals surface area contributed by atoms with Crippen LogP contribution in [-0.2, 0) is 4.79 Å². The molecule has 0 unspecified atom stereocenters. The zero-order valence-corrected chi connectivity index (χ0v) is 13.0. The second-order valence-corrected chi connectivity index (χ2v) is 6.68. The van der Waals surface area contributed by atoms with E-state index in [-0.39, 0.29) is 5.91 Å². The molecular formula is C13H16N4OS2. The second kappa shape index (κ2) is 6.71. The molecule has 7 heteroatoms. The molecule has 0 saturated heterocycles. The molecular weight excluding hydrogens is 292 g/mol. The molecule has 0 atom stereocenters. The van der Waals surface area contributed by atoms with E-state index >= 15 is 0 Å². The first-order valence-corrected chi connectivity index (χ1v) is 7.93. The summed E-state index contributed by atoms with van der Waals surface area (Å²) in [4.78, 5) is 10.7. The van der Waals surface area contributed by atoms with Crippen molar-refractivity contribution >= 4 is 39.8 Å². The van der Waals surface area contributed by atoms with E-state index in [9.17, 15) is 4.79 Å². The van der Waals surface area contributed by atoms with Gasteiger partial charge in [-0.15, -0.1) is 10.2 Å². The number of hydrogen-bond acceptors (Lipinski definition) is 6. The highest BCUT2D eigenvalue weighted by atomic mass is 32.2. The number of carbonyl (C=O) groups is 1. The van der Waals surface area contributed by atoms with Crippen molar-refractivity contribution in [1.29, 1.82) is 0 Å². The molecule has 1 heterocycles. The maximum absolute atomic E-state index is 10.7. The Kier molecular flexibility index (Phi) is 4.97. The number of nitrogens with zero attached hydrogens (tertiary/aromatic N) is 2. The zero-order chi connectivity index (χ0) is 14.5. The van der Waals surface area contributed by atoms with Gasteiger partial charge in [0, 0.05) is 17.9 Å². The van der Waals surface area contributed by atoms with E-state index in [1.54, 1.807) is 0 Å². The monoisotopic (exact) mass is 308 g/mol. The first kappa shape index (κ1) is 14.8. The third-order valence-electron chi connectivity index (χ3n) is 2.74. The van der Waals surface area contributed by atoms with Crippen molar-refractivity contribution in [2.45, 2.75) is 24.6 Å². The molecule has 5 nitrogen and oxygen atoms in total. The lowest BCUT2D eigenvalue weighted by Gasteiger charge is -2.05. The summed E-state index contributed by atoms with van der Waals surface area (Å²) in [5, 5.41) is 12.1. The molecule has 3 N–H and O–H groups in total. The predicted octanol–water partition coefficient (Wildman–Crippen LogP) is 2.87. The quantitative estimate of drug-likeness (QED) is 0.802. The van der Waals surface area contributed by atoms with Gasteiger partial charge in [0.05, 0.1) is 0 Å². The van der Waals surface area contributed by atoms with Gasteiger partial charge < -0.3 is 11.1 Å². The van der Waals surface area contributed by atoms with Crippen molar-refractivity contribution in [3.8, 4) is 0 Å². The van der Waals surface area contributed by atoms with Crippen LogP contribution in [0.4, 0.5) is 10.8 Å². The molecule has 2 rings (SSSR count). The molecule has 0 aliphatic rings. The summed E-state index contributed by atoms with van der Waals surface area (Å²) in [5.41, 5.74) is 8.58. The van der Waals surface area contributed by atoms with Crippen LogP contribution in [0.3, 0.4) is 0 Å². The summed E-state index contributed by atoms with van der Waals surface area (Å²) < 4.78 is 0.831. The number of nitrogens with two attached hydrogens (primary N) is 1. The van der Waals surface area contributed by atoms with Crippen molar-refractivity contribution in [3.05, 3.63) is 29.3 Å². The average Bonchev–Trinajstić information content (AvgIpc) is 2.81. The molecule has 0 aliphatic carbocycles. The minimum Gasteiger partial charge on any atom is -0.370 e. The van der Waals surface area contributed by atoms with E-state index in [1.165, 1.54) is 34.2 Å². The van der Waals surface area contributed by atoms with Crippen LogP contribution in [0.25, 0.3) is 0 Å². The first-order valence-electron chi connectivity index (χ1n) is 6.13. The number of amides is 1. The van der Waals surface area contributed by atoms with Gasteiger partial charge in [-0.3, -0.25) is 4.79 Å². The first-order chi connectivity index (χ1) is 9.54. The van der Waals surface area contributed by atoms with Crippen LogP contribution in [-0.4, -0.2) is 21.9 Å². The highest BCUT2D eigenvalue weighted by Gasteiger charge is 2.06. The molecule has 20 heavy (non-hydrogen) atoms. The van der Waals surface area contributed by atoms with Gasteiger partial charge in [-0.2, -0.15) is 0 Å².